The van der Waals surface area contributed by atoms with Crippen molar-refractivity contribution in [2.45, 2.75) is 13.5 Å². The molecule has 0 fully saturated rings. The number of aromatic nitrogens is 2. The first-order valence-corrected chi connectivity index (χ1v) is 4.76. The van der Waals surface area contributed by atoms with E-state index >= 15 is 0 Å². The molecule has 0 saturated carbocycles. The summed E-state index contributed by atoms with van der Waals surface area (Å²) in [5.74, 6) is -1.06. The van der Waals surface area contributed by atoms with Crippen LogP contribution in [0, 0.1) is 6.92 Å². The Morgan fingerprint density at radius 2 is 2.25 bits per heavy atom. The fourth-order valence-corrected chi connectivity index (χ4v) is 1.62. The van der Waals surface area contributed by atoms with Crippen LogP contribution in [0.4, 0.5) is 0 Å². The predicted molar refractivity (Wildman–Crippen MR) is 58.4 cm³/mol. The number of fused-ring (bicyclic) bond motifs is 1. The predicted octanol–water partition coefficient (Wildman–Crippen LogP) is 0.790. The summed E-state index contributed by atoms with van der Waals surface area (Å²) in [5, 5.41) is 9.12. The number of carboxylic acids is 1. The standard InChI is InChI=1S/C11H10N2O3/c1-7-3-2-4-8-10(7)11(16)13(6-12-8)5-9(14)15/h2-4,6H,5H2,1H3,(H,14,15). The van der Waals surface area contributed by atoms with E-state index in [0.717, 1.165) is 10.1 Å². The second-order valence-electron chi connectivity index (χ2n) is 3.54. The van der Waals surface area contributed by atoms with Gasteiger partial charge in [0.15, 0.2) is 0 Å². The van der Waals surface area contributed by atoms with Gasteiger partial charge in [-0.2, -0.15) is 0 Å². The number of carbonyl (C=O) groups is 1. The highest BCUT2D eigenvalue weighted by Crippen LogP contribution is 2.10. The van der Waals surface area contributed by atoms with E-state index in [1.54, 1.807) is 19.1 Å². The summed E-state index contributed by atoms with van der Waals surface area (Å²) in [7, 11) is 0. The normalized spacial score (nSPS) is 10.6. The fourth-order valence-electron chi connectivity index (χ4n) is 1.62. The van der Waals surface area contributed by atoms with Gasteiger partial charge in [0.25, 0.3) is 5.56 Å². The van der Waals surface area contributed by atoms with Gasteiger partial charge in [0.1, 0.15) is 6.54 Å². The first kappa shape index (κ1) is 10.4. The van der Waals surface area contributed by atoms with E-state index < -0.39 is 5.97 Å². The van der Waals surface area contributed by atoms with E-state index in [1.807, 2.05) is 6.07 Å². The molecule has 16 heavy (non-hydrogen) atoms. The fraction of sp³-hybridized carbons (Fsp3) is 0.182. The number of rotatable bonds is 2. The van der Waals surface area contributed by atoms with Crippen LogP contribution in [-0.4, -0.2) is 20.6 Å². The molecule has 0 bridgehead atoms. The van der Waals surface area contributed by atoms with Crippen molar-refractivity contribution in [2.24, 2.45) is 0 Å². The van der Waals surface area contributed by atoms with Crippen LogP contribution in [0.15, 0.2) is 29.3 Å². The van der Waals surface area contributed by atoms with Crippen molar-refractivity contribution in [1.29, 1.82) is 0 Å². The Morgan fingerprint density at radius 1 is 1.50 bits per heavy atom. The lowest BCUT2D eigenvalue weighted by atomic mass is 10.1. The minimum Gasteiger partial charge on any atom is -0.480 e. The molecule has 0 aliphatic carbocycles. The van der Waals surface area contributed by atoms with E-state index in [1.165, 1.54) is 6.33 Å². The van der Waals surface area contributed by atoms with Gasteiger partial charge in [0.05, 0.1) is 17.2 Å². The average Bonchev–Trinajstić information content (AvgIpc) is 2.22. The lowest BCUT2D eigenvalue weighted by Gasteiger charge is -2.04. The zero-order chi connectivity index (χ0) is 11.7. The minimum atomic E-state index is -1.06. The largest absolute Gasteiger partial charge is 0.480 e. The smallest absolute Gasteiger partial charge is 0.323 e. The van der Waals surface area contributed by atoms with Crippen molar-refractivity contribution in [3.05, 3.63) is 40.4 Å². The van der Waals surface area contributed by atoms with E-state index in [4.69, 9.17) is 5.11 Å². The zero-order valence-electron chi connectivity index (χ0n) is 8.67. The van der Waals surface area contributed by atoms with Crippen molar-refractivity contribution >= 4 is 16.9 Å². The van der Waals surface area contributed by atoms with Gasteiger partial charge in [0, 0.05) is 0 Å². The molecule has 1 heterocycles. The number of hydrogen-bond acceptors (Lipinski definition) is 3. The quantitative estimate of drug-likeness (QED) is 0.808. The molecule has 5 nitrogen and oxygen atoms in total. The van der Waals surface area contributed by atoms with Crippen LogP contribution in [0.3, 0.4) is 0 Å². The van der Waals surface area contributed by atoms with Crippen molar-refractivity contribution in [2.75, 3.05) is 0 Å². The Balaban J connectivity index is 2.73. The Bertz CT molecular complexity index is 616. The summed E-state index contributed by atoms with van der Waals surface area (Å²) in [5.41, 5.74) is 1.08. The molecule has 1 aromatic heterocycles. The van der Waals surface area contributed by atoms with Crippen molar-refractivity contribution < 1.29 is 9.90 Å². The second kappa shape index (κ2) is 3.77. The molecular formula is C11H10N2O3. The molecule has 1 N–H and O–H groups in total. The van der Waals surface area contributed by atoms with E-state index in [2.05, 4.69) is 4.98 Å². The molecule has 0 saturated heterocycles. The Kier molecular flexibility index (Phi) is 2.44. The molecule has 0 aliphatic heterocycles. The molecule has 2 rings (SSSR count). The van der Waals surface area contributed by atoms with Crippen LogP contribution in [0.25, 0.3) is 10.9 Å². The highest BCUT2D eigenvalue weighted by atomic mass is 16.4. The number of hydrogen-bond donors (Lipinski definition) is 1. The maximum Gasteiger partial charge on any atom is 0.323 e. The molecule has 0 spiro atoms. The van der Waals surface area contributed by atoms with Crippen molar-refractivity contribution in [3.63, 3.8) is 0 Å². The number of carboxylic acid groups (broad SMARTS) is 1. The number of aliphatic carboxylic acids is 1. The SMILES string of the molecule is Cc1cccc2ncn(CC(=O)O)c(=O)c12. The van der Waals surface area contributed by atoms with Crippen LogP contribution in [0.5, 0.6) is 0 Å². The molecule has 0 radical (unpaired) electrons. The van der Waals surface area contributed by atoms with Crippen molar-refractivity contribution in [3.8, 4) is 0 Å². The zero-order valence-corrected chi connectivity index (χ0v) is 8.67. The van der Waals surface area contributed by atoms with Gasteiger partial charge in [-0.25, -0.2) is 4.98 Å². The van der Waals surface area contributed by atoms with Gasteiger partial charge in [0.2, 0.25) is 0 Å². The van der Waals surface area contributed by atoms with Gasteiger partial charge in [-0.3, -0.25) is 14.2 Å². The van der Waals surface area contributed by atoms with Gasteiger partial charge < -0.3 is 5.11 Å². The highest BCUT2D eigenvalue weighted by molar-refractivity contribution is 5.81. The third-order valence-corrected chi connectivity index (χ3v) is 2.37. The van der Waals surface area contributed by atoms with Gasteiger partial charge in [-0.1, -0.05) is 12.1 Å². The molecule has 1 aromatic carbocycles. The maximum atomic E-state index is 11.9. The molecule has 0 unspecified atom stereocenters. The Hall–Kier alpha value is -2.17. The molecule has 0 aliphatic rings. The second-order valence-corrected chi connectivity index (χ2v) is 3.54. The number of benzene rings is 1. The summed E-state index contributed by atoms with van der Waals surface area (Å²) in [6.07, 6.45) is 1.26. The maximum absolute atomic E-state index is 11.9. The van der Waals surface area contributed by atoms with Crippen molar-refractivity contribution in [1.82, 2.24) is 9.55 Å². The lowest BCUT2D eigenvalue weighted by Crippen LogP contribution is -2.24. The summed E-state index contributed by atoms with van der Waals surface area (Å²) in [6, 6.07) is 5.34. The molecular weight excluding hydrogens is 208 g/mol. The first-order chi connectivity index (χ1) is 7.59. The summed E-state index contributed by atoms with van der Waals surface area (Å²) >= 11 is 0. The monoisotopic (exact) mass is 218 g/mol. The van der Waals surface area contributed by atoms with E-state index in [9.17, 15) is 9.59 Å². The minimum absolute atomic E-state index is 0.314. The lowest BCUT2D eigenvalue weighted by molar-refractivity contribution is -0.137. The molecule has 2 aromatic rings. The summed E-state index contributed by atoms with van der Waals surface area (Å²) in [6.45, 7) is 1.44. The molecule has 0 amide bonds. The molecule has 82 valence electrons. The van der Waals surface area contributed by atoms with Crippen LogP contribution >= 0.6 is 0 Å². The van der Waals surface area contributed by atoms with Gasteiger partial charge in [-0.05, 0) is 18.6 Å². The van der Waals surface area contributed by atoms with Crippen LogP contribution in [0.2, 0.25) is 0 Å². The molecule has 0 atom stereocenters. The topological polar surface area (TPSA) is 72.2 Å². The Labute approximate surface area is 91.0 Å². The van der Waals surface area contributed by atoms with Gasteiger partial charge >= 0.3 is 5.97 Å². The van der Waals surface area contributed by atoms with E-state index in [0.29, 0.717) is 10.9 Å². The van der Waals surface area contributed by atoms with Gasteiger partial charge in [-0.15, -0.1) is 0 Å². The third-order valence-electron chi connectivity index (χ3n) is 2.37. The van der Waals surface area contributed by atoms with Crippen LogP contribution < -0.4 is 5.56 Å². The number of nitrogens with zero attached hydrogens (tertiary/aromatic N) is 2. The van der Waals surface area contributed by atoms with E-state index in [-0.39, 0.29) is 12.1 Å². The number of aryl methyl sites for hydroxylation is 1. The Morgan fingerprint density at radius 3 is 2.94 bits per heavy atom. The van der Waals surface area contributed by atoms with Crippen LogP contribution in [-0.2, 0) is 11.3 Å². The third kappa shape index (κ3) is 1.67. The molecule has 5 heteroatoms. The highest BCUT2D eigenvalue weighted by Gasteiger charge is 2.08. The average molecular weight is 218 g/mol. The van der Waals surface area contributed by atoms with Crippen LogP contribution in [0.1, 0.15) is 5.56 Å². The summed E-state index contributed by atoms with van der Waals surface area (Å²) < 4.78 is 1.09. The summed E-state index contributed by atoms with van der Waals surface area (Å²) in [4.78, 5) is 26.6. The first-order valence-electron chi connectivity index (χ1n) is 4.76.